The monoisotopic (exact) mass is 458 g/mol. The van der Waals surface area contributed by atoms with Gasteiger partial charge in [-0.2, -0.15) is 18.3 Å². The quantitative estimate of drug-likeness (QED) is 0.508. The maximum Gasteiger partial charge on any atom is 0.511 e. The Balaban J connectivity index is 2.46. The molecule has 0 saturated carbocycles. The van der Waals surface area contributed by atoms with Crippen LogP contribution >= 0.6 is 11.6 Å². The Morgan fingerprint density at radius 2 is 2.00 bits per heavy atom. The summed E-state index contributed by atoms with van der Waals surface area (Å²) in [5, 5.41) is 3.39. The van der Waals surface area contributed by atoms with E-state index >= 15 is 0 Å². The number of nitrogens with zero attached hydrogens (tertiary/aromatic N) is 2. The highest BCUT2D eigenvalue weighted by Gasteiger charge is 2.45. The molecule has 0 atom stereocenters. The molecule has 0 spiro atoms. The molecular formula is C15H15ClF4N4O4S. The molecule has 2 aromatic rings. The molecule has 0 unspecified atom stereocenters. The summed E-state index contributed by atoms with van der Waals surface area (Å²) in [6.07, 6.45) is 0. The van der Waals surface area contributed by atoms with E-state index in [4.69, 9.17) is 22.1 Å². The van der Waals surface area contributed by atoms with Gasteiger partial charge in [0.15, 0.2) is 0 Å². The van der Waals surface area contributed by atoms with Crippen molar-refractivity contribution in [3.63, 3.8) is 0 Å². The van der Waals surface area contributed by atoms with Crippen molar-refractivity contribution in [2.75, 3.05) is 12.3 Å². The van der Waals surface area contributed by atoms with Crippen LogP contribution in [-0.4, -0.2) is 36.3 Å². The number of aromatic nitrogens is 2. The molecule has 0 aliphatic carbocycles. The standard InChI is InChI=1S/C15H15ClF4N4O4S/c1-3-28-14(25)8-5-11(9(17)4-7(8)2)24-13(21)12(16)10(23-24)6-22-29(26,27)15(18,19)20/h4-5,22H,3,6,21H2,1-2H3. The molecule has 0 aliphatic rings. The Morgan fingerprint density at radius 1 is 1.38 bits per heavy atom. The number of alkyl halides is 3. The predicted molar refractivity (Wildman–Crippen MR) is 95.5 cm³/mol. The lowest BCUT2D eigenvalue weighted by Gasteiger charge is -2.11. The molecule has 2 rings (SSSR count). The number of nitrogens with one attached hydrogen (secondary N) is 1. The van der Waals surface area contributed by atoms with E-state index in [2.05, 4.69) is 5.10 Å². The summed E-state index contributed by atoms with van der Waals surface area (Å²) in [4.78, 5) is 12.0. The van der Waals surface area contributed by atoms with Gasteiger partial charge >= 0.3 is 21.5 Å². The summed E-state index contributed by atoms with van der Waals surface area (Å²) in [6.45, 7) is 2.17. The lowest BCUT2D eigenvalue weighted by atomic mass is 10.1. The van der Waals surface area contributed by atoms with Gasteiger partial charge in [-0.3, -0.25) is 0 Å². The Bertz CT molecular complexity index is 1050. The summed E-state index contributed by atoms with van der Waals surface area (Å²) < 4.78 is 80.9. The summed E-state index contributed by atoms with van der Waals surface area (Å²) in [7, 11) is -5.65. The molecule has 0 amide bonds. The van der Waals surface area contributed by atoms with Crippen molar-refractivity contribution in [1.29, 1.82) is 0 Å². The number of carbonyl (C=O) groups is 1. The van der Waals surface area contributed by atoms with Crippen molar-refractivity contribution in [3.8, 4) is 5.69 Å². The van der Waals surface area contributed by atoms with E-state index in [0.717, 1.165) is 16.8 Å². The molecule has 0 saturated heterocycles. The van der Waals surface area contributed by atoms with Gasteiger partial charge < -0.3 is 10.5 Å². The highest BCUT2D eigenvalue weighted by molar-refractivity contribution is 7.90. The highest BCUT2D eigenvalue weighted by Crippen LogP contribution is 2.29. The maximum atomic E-state index is 14.4. The summed E-state index contributed by atoms with van der Waals surface area (Å²) in [6, 6.07) is 2.11. The lowest BCUT2D eigenvalue weighted by Crippen LogP contribution is -2.36. The fraction of sp³-hybridized carbons (Fsp3) is 0.333. The van der Waals surface area contributed by atoms with Crippen molar-refractivity contribution in [1.82, 2.24) is 14.5 Å². The van der Waals surface area contributed by atoms with Gasteiger partial charge in [-0.15, -0.1) is 0 Å². The Morgan fingerprint density at radius 3 is 2.55 bits per heavy atom. The molecule has 0 aliphatic heterocycles. The Kier molecular flexibility index (Phi) is 6.45. The number of sulfonamides is 1. The van der Waals surface area contributed by atoms with Crippen molar-refractivity contribution < 1.29 is 35.5 Å². The first-order chi connectivity index (χ1) is 13.3. The van der Waals surface area contributed by atoms with Crippen LogP contribution in [0.5, 0.6) is 0 Å². The minimum Gasteiger partial charge on any atom is -0.462 e. The summed E-state index contributed by atoms with van der Waals surface area (Å²) in [5.41, 5.74) is -0.237. The first-order valence-electron chi connectivity index (χ1n) is 7.86. The van der Waals surface area contributed by atoms with Gasteiger partial charge in [0.2, 0.25) is 0 Å². The van der Waals surface area contributed by atoms with E-state index in [-0.39, 0.29) is 40.0 Å². The number of hydrogen-bond donors (Lipinski definition) is 2. The predicted octanol–water partition coefficient (Wildman–Crippen LogP) is 2.67. The zero-order valence-electron chi connectivity index (χ0n) is 15.0. The molecule has 0 fully saturated rings. The number of nitrogen functional groups attached to an aromatic ring is 1. The molecule has 1 aromatic heterocycles. The van der Waals surface area contributed by atoms with Crippen molar-refractivity contribution in [2.45, 2.75) is 25.9 Å². The number of hydrogen-bond acceptors (Lipinski definition) is 6. The van der Waals surface area contributed by atoms with Gasteiger partial charge in [0, 0.05) is 0 Å². The first-order valence-corrected chi connectivity index (χ1v) is 9.72. The molecular weight excluding hydrogens is 444 g/mol. The molecule has 0 radical (unpaired) electrons. The molecule has 29 heavy (non-hydrogen) atoms. The SMILES string of the molecule is CCOC(=O)c1cc(-n2nc(CNS(=O)(=O)C(F)(F)F)c(Cl)c2N)c(F)cc1C. The lowest BCUT2D eigenvalue weighted by molar-refractivity contribution is -0.0448. The molecule has 8 nitrogen and oxygen atoms in total. The third-order valence-corrected chi connectivity index (χ3v) is 5.22. The largest absolute Gasteiger partial charge is 0.511 e. The number of anilines is 1. The number of ether oxygens (including phenoxy) is 1. The van der Waals surface area contributed by atoms with E-state index in [9.17, 15) is 30.8 Å². The first kappa shape index (κ1) is 22.9. The number of esters is 1. The second-order valence-electron chi connectivity index (χ2n) is 5.67. The number of nitrogens with two attached hydrogens (primary N) is 1. The van der Waals surface area contributed by atoms with Crippen LogP contribution in [0.3, 0.4) is 0 Å². The highest BCUT2D eigenvalue weighted by atomic mass is 35.5. The Labute approximate surface area is 167 Å². The van der Waals surface area contributed by atoms with Crippen molar-refractivity contribution >= 4 is 33.4 Å². The fourth-order valence-corrected chi connectivity index (χ4v) is 2.93. The molecule has 14 heteroatoms. The smallest absolute Gasteiger partial charge is 0.462 e. The minimum atomic E-state index is -5.65. The van der Waals surface area contributed by atoms with Crippen LogP contribution in [0.2, 0.25) is 5.02 Å². The van der Waals surface area contributed by atoms with Gasteiger partial charge in [0.25, 0.3) is 0 Å². The van der Waals surface area contributed by atoms with Crippen LogP contribution in [0.25, 0.3) is 5.69 Å². The summed E-state index contributed by atoms with van der Waals surface area (Å²) in [5.74, 6) is -1.96. The van der Waals surface area contributed by atoms with Crippen LogP contribution in [-0.2, 0) is 21.3 Å². The topological polar surface area (TPSA) is 116 Å². The number of benzene rings is 1. The van der Waals surface area contributed by atoms with Crippen LogP contribution in [0.1, 0.15) is 28.5 Å². The number of aryl methyl sites for hydroxylation is 1. The molecule has 160 valence electrons. The van der Waals surface area contributed by atoms with Gasteiger partial charge in [-0.25, -0.2) is 27.0 Å². The number of carbonyl (C=O) groups excluding carboxylic acids is 1. The average molecular weight is 459 g/mol. The normalized spacial score (nSPS) is 12.2. The van der Waals surface area contributed by atoms with Crippen LogP contribution < -0.4 is 10.5 Å². The van der Waals surface area contributed by atoms with Crippen molar-refractivity contribution in [2.24, 2.45) is 0 Å². The van der Waals surface area contributed by atoms with Gasteiger partial charge in [-0.05, 0) is 31.5 Å². The average Bonchev–Trinajstić information content (AvgIpc) is 2.87. The van der Waals surface area contributed by atoms with Crippen LogP contribution in [0.15, 0.2) is 12.1 Å². The third-order valence-electron chi connectivity index (χ3n) is 3.68. The van der Waals surface area contributed by atoms with Gasteiger partial charge in [0.1, 0.15) is 22.3 Å². The van der Waals surface area contributed by atoms with Crippen LogP contribution in [0.4, 0.5) is 23.4 Å². The van der Waals surface area contributed by atoms with Gasteiger partial charge in [-0.1, -0.05) is 11.6 Å². The van der Waals surface area contributed by atoms with Crippen molar-refractivity contribution in [3.05, 3.63) is 39.8 Å². The molecule has 3 N–H and O–H groups in total. The molecule has 1 aromatic carbocycles. The van der Waals surface area contributed by atoms with E-state index in [1.807, 2.05) is 0 Å². The second kappa shape index (κ2) is 8.16. The second-order valence-corrected chi connectivity index (χ2v) is 7.80. The fourth-order valence-electron chi connectivity index (χ4n) is 2.25. The van der Waals surface area contributed by atoms with E-state index < -0.39 is 33.9 Å². The molecule has 1 heterocycles. The van der Waals surface area contributed by atoms with E-state index in [1.54, 1.807) is 6.92 Å². The molecule has 0 bridgehead atoms. The van der Waals surface area contributed by atoms with E-state index in [1.165, 1.54) is 11.6 Å². The number of rotatable bonds is 6. The maximum absolute atomic E-state index is 14.4. The van der Waals surface area contributed by atoms with E-state index in [0.29, 0.717) is 0 Å². The Hall–Kier alpha value is -2.38. The zero-order valence-corrected chi connectivity index (χ0v) is 16.5. The summed E-state index contributed by atoms with van der Waals surface area (Å²) >= 11 is 5.90. The minimum absolute atomic E-state index is 0.00796. The van der Waals surface area contributed by atoms with Gasteiger partial charge in [0.05, 0.1) is 24.4 Å². The number of halogens is 5. The van der Waals surface area contributed by atoms with Crippen LogP contribution in [0, 0.1) is 12.7 Å². The zero-order chi connectivity index (χ0) is 22.1. The third kappa shape index (κ3) is 4.62.